The van der Waals surface area contributed by atoms with Crippen LogP contribution in [0, 0.1) is 0 Å². The molecule has 0 saturated heterocycles. The van der Waals surface area contributed by atoms with Gasteiger partial charge in [0.05, 0.1) is 8.07 Å². The third kappa shape index (κ3) is 2.66. The smallest absolute Gasteiger partial charge is 0.0656 e. The van der Waals surface area contributed by atoms with Crippen LogP contribution in [0.15, 0.2) is 47.7 Å². The zero-order chi connectivity index (χ0) is 9.03. The Labute approximate surface area is 76.0 Å². The summed E-state index contributed by atoms with van der Waals surface area (Å²) in [5, 5.41) is 1.50. The van der Waals surface area contributed by atoms with Gasteiger partial charge in [-0.2, -0.15) is 0 Å². The molecule has 0 nitrogen and oxygen atoms in total. The predicted octanol–water partition coefficient (Wildman–Crippen LogP) is 3.47. The summed E-state index contributed by atoms with van der Waals surface area (Å²) in [5.41, 5.74) is 0. The fourth-order valence-electron chi connectivity index (χ4n) is 1.07. The Bertz CT molecular complexity index is 259. The largest absolute Gasteiger partial charge is 0.0775 e. The van der Waals surface area contributed by atoms with E-state index in [0.717, 1.165) is 0 Å². The molecule has 64 valence electrons. The lowest BCUT2D eigenvalue weighted by Gasteiger charge is -2.17. The molecule has 0 heterocycles. The standard InChI is InChI=1S/C11H16Si/c1-12(2,3)11-9-7-5-4-6-8-10-11/h4-10H,1-3H3/b5-4-,6-4?,7-5?,8-6-,9-7-,10-8?,11-9?,11-10+. The van der Waals surface area contributed by atoms with Gasteiger partial charge in [0.25, 0.3) is 0 Å². The lowest BCUT2D eigenvalue weighted by molar-refractivity contribution is 1.63. The maximum atomic E-state index is 2.36. The first kappa shape index (κ1) is 9.27. The van der Waals surface area contributed by atoms with Gasteiger partial charge in [-0.15, -0.1) is 0 Å². The quantitative estimate of drug-likeness (QED) is 0.537. The highest BCUT2D eigenvalue weighted by atomic mass is 28.3. The molecule has 0 fully saturated rings. The van der Waals surface area contributed by atoms with Crippen molar-refractivity contribution in [3.8, 4) is 0 Å². The Morgan fingerprint density at radius 2 is 1.42 bits per heavy atom. The number of rotatable bonds is 1. The topological polar surface area (TPSA) is 0 Å². The van der Waals surface area contributed by atoms with Crippen molar-refractivity contribution in [1.29, 1.82) is 0 Å². The van der Waals surface area contributed by atoms with E-state index in [4.69, 9.17) is 0 Å². The van der Waals surface area contributed by atoms with E-state index < -0.39 is 8.07 Å². The molecular formula is C11H16Si. The first-order valence-corrected chi connectivity index (χ1v) is 7.83. The maximum absolute atomic E-state index is 2.36. The molecule has 0 aromatic rings. The first-order chi connectivity index (χ1) is 5.61. The molecule has 0 radical (unpaired) electrons. The van der Waals surface area contributed by atoms with Crippen LogP contribution in [0.3, 0.4) is 0 Å². The van der Waals surface area contributed by atoms with Crippen LogP contribution in [0.5, 0.6) is 0 Å². The van der Waals surface area contributed by atoms with Gasteiger partial charge in [-0.3, -0.25) is 0 Å². The van der Waals surface area contributed by atoms with Crippen molar-refractivity contribution in [2.75, 3.05) is 0 Å². The van der Waals surface area contributed by atoms with E-state index in [0.29, 0.717) is 0 Å². The molecule has 0 aromatic heterocycles. The van der Waals surface area contributed by atoms with Gasteiger partial charge in [0.1, 0.15) is 0 Å². The molecule has 0 N–H and O–H groups in total. The Morgan fingerprint density at radius 3 is 2.08 bits per heavy atom. The third-order valence-electron chi connectivity index (χ3n) is 1.86. The van der Waals surface area contributed by atoms with Gasteiger partial charge < -0.3 is 0 Å². The third-order valence-corrected chi connectivity index (χ3v) is 3.93. The molecule has 0 bridgehead atoms. The summed E-state index contributed by atoms with van der Waals surface area (Å²) in [6.07, 6.45) is 14.9. The van der Waals surface area contributed by atoms with Gasteiger partial charge in [0, 0.05) is 0 Å². The molecule has 1 aliphatic carbocycles. The van der Waals surface area contributed by atoms with Crippen LogP contribution in [0.1, 0.15) is 0 Å². The Kier molecular flexibility index (Phi) is 2.87. The lowest BCUT2D eigenvalue weighted by Crippen LogP contribution is -2.22. The van der Waals surface area contributed by atoms with Crippen LogP contribution in [-0.2, 0) is 0 Å². The summed E-state index contributed by atoms with van der Waals surface area (Å²) < 4.78 is 0. The Hall–Kier alpha value is -0.823. The van der Waals surface area contributed by atoms with Crippen molar-refractivity contribution >= 4 is 8.07 Å². The van der Waals surface area contributed by atoms with Crippen molar-refractivity contribution in [3.05, 3.63) is 47.7 Å². The van der Waals surface area contributed by atoms with E-state index in [1.165, 1.54) is 5.20 Å². The van der Waals surface area contributed by atoms with Crippen LogP contribution in [0.2, 0.25) is 19.6 Å². The van der Waals surface area contributed by atoms with Crippen molar-refractivity contribution in [2.45, 2.75) is 19.6 Å². The first-order valence-electron chi connectivity index (χ1n) is 4.33. The molecule has 0 aliphatic heterocycles. The number of allylic oxidation sites excluding steroid dienone is 8. The monoisotopic (exact) mass is 176 g/mol. The summed E-state index contributed by atoms with van der Waals surface area (Å²) >= 11 is 0. The average molecular weight is 176 g/mol. The van der Waals surface area contributed by atoms with Crippen molar-refractivity contribution in [2.24, 2.45) is 0 Å². The summed E-state index contributed by atoms with van der Waals surface area (Å²) in [7, 11) is -1.12. The van der Waals surface area contributed by atoms with Crippen molar-refractivity contribution in [1.82, 2.24) is 0 Å². The van der Waals surface area contributed by atoms with Crippen LogP contribution in [-0.4, -0.2) is 8.07 Å². The van der Waals surface area contributed by atoms with Crippen LogP contribution in [0.4, 0.5) is 0 Å². The second kappa shape index (κ2) is 3.72. The second-order valence-electron chi connectivity index (χ2n) is 4.00. The van der Waals surface area contributed by atoms with Crippen LogP contribution >= 0.6 is 0 Å². The van der Waals surface area contributed by atoms with Gasteiger partial charge in [0.2, 0.25) is 0 Å². The van der Waals surface area contributed by atoms with Crippen LogP contribution < -0.4 is 0 Å². The molecule has 0 aromatic carbocycles. The zero-order valence-corrected chi connectivity index (χ0v) is 9.04. The molecule has 1 heteroatoms. The molecule has 0 saturated carbocycles. The molecule has 1 rings (SSSR count). The van der Waals surface area contributed by atoms with E-state index in [-0.39, 0.29) is 0 Å². The zero-order valence-electron chi connectivity index (χ0n) is 8.04. The Balaban J connectivity index is 2.90. The summed E-state index contributed by atoms with van der Waals surface area (Å²) in [6.45, 7) is 7.09. The van der Waals surface area contributed by atoms with E-state index >= 15 is 0 Å². The molecule has 1 aliphatic rings. The number of hydrogen-bond acceptors (Lipinski definition) is 0. The minimum Gasteiger partial charge on any atom is -0.0656 e. The lowest BCUT2D eigenvalue weighted by atomic mass is 10.3. The highest BCUT2D eigenvalue weighted by molar-refractivity contribution is 6.83. The van der Waals surface area contributed by atoms with Gasteiger partial charge >= 0.3 is 0 Å². The SMILES string of the molecule is C[Si](C)(C)C1=C/C=C\C=C/C=C\1. The number of hydrogen-bond donors (Lipinski definition) is 0. The normalized spacial score (nSPS) is 29.4. The molecule has 0 atom stereocenters. The van der Waals surface area contributed by atoms with Gasteiger partial charge in [0.15, 0.2) is 0 Å². The fraction of sp³-hybridized carbons (Fsp3) is 0.273. The van der Waals surface area contributed by atoms with E-state index in [9.17, 15) is 0 Å². The predicted molar refractivity (Wildman–Crippen MR) is 58.8 cm³/mol. The average Bonchev–Trinajstić information content (AvgIpc) is 1.81. The second-order valence-corrected chi connectivity index (χ2v) is 9.08. The van der Waals surface area contributed by atoms with Crippen molar-refractivity contribution in [3.63, 3.8) is 0 Å². The minimum atomic E-state index is -1.12. The summed E-state index contributed by atoms with van der Waals surface area (Å²) in [4.78, 5) is 0. The molecular weight excluding hydrogens is 160 g/mol. The highest BCUT2D eigenvalue weighted by Gasteiger charge is 2.16. The fourth-order valence-corrected chi connectivity index (χ4v) is 2.26. The van der Waals surface area contributed by atoms with E-state index in [2.05, 4.69) is 56.1 Å². The molecule has 0 spiro atoms. The molecule has 12 heavy (non-hydrogen) atoms. The summed E-state index contributed by atoms with van der Waals surface area (Å²) in [5.74, 6) is 0. The highest BCUT2D eigenvalue weighted by Crippen LogP contribution is 2.16. The van der Waals surface area contributed by atoms with Gasteiger partial charge in [-0.25, -0.2) is 0 Å². The van der Waals surface area contributed by atoms with Gasteiger partial charge in [-0.05, 0) is 0 Å². The maximum Gasteiger partial charge on any atom is 0.0775 e. The minimum absolute atomic E-state index is 1.12. The molecule has 0 unspecified atom stereocenters. The van der Waals surface area contributed by atoms with Crippen molar-refractivity contribution < 1.29 is 0 Å². The van der Waals surface area contributed by atoms with Crippen LogP contribution in [0.25, 0.3) is 0 Å². The Morgan fingerprint density at radius 1 is 0.833 bits per heavy atom. The molecule has 0 amide bonds. The summed E-state index contributed by atoms with van der Waals surface area (Å²) in [6, 6.07) is 0. The van der Waals surface area contributed by atoms with E-state index in [1.807, 2.05) is 6.08 Å². The van der Waals surface area contributed by atoms with Gasteiger partial charge in [-0.1, -0.05) is 67.4 Å². The van der Waals surface area contributed by atoms with E-state index in [1.54, 1.807) is 0 Å².